The van der Waals surface area contributed by atoms with Gasteiger partial charge in [0.2, 0.25) is 0 Å². The van der Waals surface area contributed by atoms with Gasteiger partial charge in [-0.05, 0) is 48.2 Å². The lowest BCUT2D eigenvalue weighted by atomic mass is 10.1. The van der Waals surface area contributed by atoms with Crippen molar-refractivity contribution in [2.45, 2.75) is 52.6 Å². The first-order valence-corrected chi connectivity index (χ1v) is 10.7. The molecule has 33 heavy (non-hydrogen) atoms. The second-order valence-corrected chi connectivity index (χ2v) is 8.59. The van der Waals surface area contributed by atoms with Crippen LogP contribution in [0.5, 0.6) is 0 Å². The molecule has 6 nitrogen and oxygen atoms in total. The Labute approximate surface area is 187 Å². The van der Waals surface area contributed by atoms with Crippen molar-refractivity contribution in [1.29, 1.82) is 0 Å². The van der Waals surface area contributed by atoms with Gasteiger partial charge in [0.05, 0.1) is 28.6 Å². The quantitative estimate of drug-likeness (QED) is 0.413. The number of hydrogen-bond acceptors (Lipinski definition) is 3. The number of aromatic nitrogens is 4. The zero-order valence-corrected chi connectivity index (χ0v) is 18.4. The van der Waals surface area contributed by atoms with E-state index in [-0.39, 0.29) is 17.6 Å². The van der Waals surface area contributed by atoms with Crippen LogP contribution in [-0.2, 0) is 26.2 Å². The molecule has 4 rings (SSSR count). The highest BCUT2D eigenvalue weighted by molar-refractivity contribution is 5.78. The molecular weight excluding hydrogens is 438 g/mol. The van der Waals surface area contributed by atoms with Crippen LogP contribution in [0.15, 0.2) is 41.2 Å². The van der Waals surface area contributed by atoms with Crippen molar-refractivity contribution in [2.75, 3.05) is 0 Å². The Bertz CT molecular complexity index is 1360. The second kappa shape index (κ2) is 8.66. The van der Waals surface area contributed by atoms with Crippen LogP contribution in [0.2, 0.25) is 0 Å². The summed E-state index contributed by atoms with van der Waals surface area (Å²) in [7, 11) is 0. The van der Waals surface area contributed by atoms with Gasteiger partial charge in [-0.15, -0.1) is 0 Å². The molecule has 0 amide bonds. The number of nitrogens with zero attached hydrogens (tertiary/aromatic N) is 4. The summed E-state index contributed by atoms with van der Waals surface area (Å²) in [5.41, 5.74) is 7.43. The summed E-state index contributed by atoms with van der Waals surface area (Å²) >= 11 is 0. The molecule has 0 atom stereocenters. The number of nitrogens with two attached hydrogens (primary N) is 1. The molecule has 4 aromatic rings. The molecule has 10 heteroatoms. The fourth-order valence-corrected chi connectivity index (χ4v) is 4.03. The van der Waals surface area contributed by atoms with Crippen molar-refractivity contribution in [3.8, 4) is 0 Å². The summed E-state index contributed by atoms with van der Waals surface area (Å²) in [6.45, 7) is 3.59. The maximum Gasteiger partial charge on any atom is 0.406 e. The van der Waals surface area contributed by atoms with E-state index in [9.17, 15) is 22.4 Å². The molecule has 0 saturated carbocycles. The molecule has 0 bridgehead atoms. The van der Waals surface area contributed by atoms with Crippen molar-refractivity contribution >= 4 is 22.1 Å². The first kappa shape index (κ1) is 23.0. The number of benzene rings is 2. The van der Waals surface area contributed by atoms with Crippen LogP contribution in [0, 0.1) is 11.7 Å². The average molecular weight is 463 g/mol. The zero-order valence-electron chi connectivity index (χ0n) is 18.4. The molecular formula is C23H25F4N5O. The minimum Gasteiger partial charge on any atom is -0.326 e. The Balaban J connectivity index is 1.87. The third-order valence-corrected chi connectivity index (χ3v) is 5.68. The van der Waals surface area contributed by atoms with Gasteiger partial charge < -0.3 is 10.3 Å². The summed E-state index contributed by atoms with van der Waals surface area (Å²) in [6, 6.07) is 8.99. The molecule has 176 valence electrons. The van der Waals surface area contributed by atoms with E-state index in [1.54, 1.807) is 0 Å². The highest BCUT2D eigenvalue weighted by Crippen LogP contribution is 2.24. The first-order chi connectivity index (χ1) is 15.6. The summed E-state index contributed by atoms with van der Waals surface area (Å²) in [4.78, 5) is 17.7. The van der Waals surface area contributed by atoms with Crippen LogP contribution >= 0.6 is 0 Å². The standard InChI is InChI=1S/C23H25F4N5O/c1-14(2)7-8-30-18-5-3-15(11-28)9-17(18)29-21(30)12-31-20-10-16(24)4-6-19(20)32(22(31)33)13-23(25,26)27/h3-6,9-10,14H,7-8,11-13,28H2,1-2H3. The van der Waals surface area contributed by atoms with Gasteiger partial charge in [-0.1, -0.05) is 19.9 Å². The van der Waals surface area contributed by atoms with E-state index in [1.165, 1.54) is 6.07 Å². The minimum atomic E-state index is -4.60. The maximum atomic E-state index is 14.0. The number of imidazole rings is 2. The van der Waals surface area contributed by atoms with Gasteiger partial charge in [0.25, 0.3) is 0 Å². The van der Waals surface area contributed by atoms with E-state index < -0.39 is 24.2 Å². The Hall–Kier alpha value is -3.14. The van der Waals surface area contributed by atoms with Crippen molar-refractivity contribution in [1.82, 2.24) is 18.7 Å². The fraction of sp³-hybridized carbons (Fsp3) is 0.391. The van der Waals surface area contributed by atoms with Crippen molar-refractivity contribution in [3.05, 3.63) is 64.1 Å². The van der Waals surface area contributed by atoms with Gasteiger partial charge in [0.1, 0.15) is 18.2 Å². The van der Waals surface area contributed by atoms with Crippen molar-refractivity contribution in [2.24, 2.45) is 11.7 Å². The van der Waals surface area contributed by atoms with E-state index >= 15 is 0 Å². The number of alkyl halides is 3. The fourth-order valence-electron chi connectivity index (χ4n) is 4.03. The largest absolute Gasteiger partial charge is 0.406 e. The third-order valence-electron chi connectivity index (χ3n) is 5.68. The van der Waals surface area contributed by atoms with E-state index in [0.717, 1.165) is 34.2 Å². The summed E-state index contributed by atoms with van der Waals surface area (Å²) in [6.07, 6.45) is -3.75. The second-order valence-electron chi connectivity index (χ2n) is 8.59. The predicted molar refractivity (Wildman–Crippen MR) is 118 cm³/mol. The lowest BCUT2D eigenvalue weighted by Crippen LogP contribution is -2.30. The van der Waals surface area contributed by atoms with Crippen molar-refractivity contribution < 1.29 is 17.6 Å². The van der Waals surface area contributed by atoms with E-state index in [0.29, 0.717) is 34.9 Å². The minimum absolute atomic E-state index is 0.0222. The molecule has 0 saturated heterocycles. The molecule has 2 N–H and O–H groups in total. The normalized spacial score (nSPS) is 12.5. The Morgan fingerprint density at radius 2 is 1.73 bits per heavy atom. The van der Waals surface area contributed by atoms with E-state index in [1.807, 2.05) is 22.8 Å². The first-order valence-electron chi connectivity index (χ1n) is 10.7. The number of halogens is 4. The van der Waals surface area contributed by atoms with Crippen LogP contribution in [0.3, 0.4) is 0 Å². The molecule has 2 aromatic heterocycles. The molecule has 0 radical (unpaired) electrons. The van der Waals surface area contributed by atoms with Gasteiger partial charge in [-0.2, -0.15) is 13.2 Å². The Morgan fingerprint density at radius 1 is 1.00 bits per heavy atom. The van der Waals surface area contributed by atoms with Crippen molar-refractivity contribution in [3.63, 3.8) is 0 Å². The van der Waals surface area contributed by atoms with Crippen LogP contribution in [0.25, 0.3) is 22.1 Å². The topological polar surface area (TPSA) is 70.8 Å². The van der Waals surface area contributed by atoms with Gasteiger partial charge >= 0.3 is 11.9 Å². The number of hydrogen-bond donors (Lipinski definition) is 1. The van der Waals surface area contributed by atoms with E-state index in [4.69, 9.17) is 5.73 Å². The Morgan fingerprint density at radius 3 is 2.39 bits per heavy atom. The summed E-state index contributed by atoms with van der Waals surface area (Å²) in [5, 5.41) is 0. The number of fused-ring (bicyclic) bond motifs is 2. The number of aryl methyl sites for hydroxylation is 1. The smallest absolute Gasteiger partial charge is 0.326 e. The molecule has 0 unspecified atom stereocenters. The zero-order chi connectivity index (χ0) is 23.9. The summed E-state index contributed by atoms with van der Waals surface area (Å²) in [5.74, 6) is 0.280. The van der Waals surface area contributed by atoms with Crippen LogP contribution in [0.1, 0.15) is 31.7 Å². The van der Waals surface area contributed by atoms with Gasteiger partial charge in [0.15, 0.2) is 0 Å². The molecule has 0 fully saturated rings. The SMILES string of the molecule is CC(C)CCn1c(Cn2c(=O)n(CC(F)(F)F)c3ccc(F)cc32)nc2cc(CN)ccc21. The molecule has 0 aliphatic heterocycles. The van der Waals surface area contributed by atoms with Gasteiger partial charge in [-0.3, -0.25) is 9.13 Å². The molecule has 2 aromatic carbocycles. The highest BCUT2D eigenvalue weighted by atomic mass is 19.4. The highest BCUT2D eigenvalue weighted by Gasteiger charge is 2.31. The molecule has 2 heterocycles. The average Bonchev–Trinajstić information content (AvgIpc) is 3.20. The number of rotatable bonds is 7. The molecule has 0 spiro atoms. The lowest BCUT2D eigenvalue weighted by molar-refractivity contribution is -0.140. The van der Waals surface area contributed by atoms with Crippen LogP contribution in [0.4, 0.5) is 17.6 Å². The van der Waals surface area contributed by atoms with Crippen LogP contribution < -0.4 is 11.4 Å². The predicted octanol–water partition coefficient (Wildman–Crippen LogP) is 4.41. The van der Waals surface area contributed by atoms with Gasteiger partial charge in [-0.25, -0.2) is 14.2 Å². The van der Waals surface area contributed by atoms with E-state index in [2.05, 4.69) is 18.8 Å². The van der Waals surface area contributed by atoms with Crippen LogP contribution in [-0.4, -0.2) is 24.9 Å². The van der Waals surface area contributed by atoms with Gasteiger partial charge in [0, 0.05) is 13.1 Å². The Kier molecular flexibility index (Phi) is 6.04. The molecule has 0 aliphatic carbocycles. The lowest BCUT2D eigenvalue weighted by Gasteiger charge is -2.12. The summed E-state index contributed by atoms with van der Waals surface area (Å²) < 4.78 is 57.2. The molecule has 0 aliphatic rings. The third kappa shape index (κ3) is 4.66. The monoisotopic (exact) mass is 463 g/mol. The maximum absolute atomic E-state index is 14.0.